The van der Waals surface area contributed by atoms with Gasteiger partial charge >= 0.3 is 6.18 Å². The van der Waals surface area contributed by atoms with Gasteiger partial charge < -0.3 is 4.90 Å². The first-order valence-corrected chi connectivity index (χ1v) is 11.3. The zero-order valence-electron chi connectivity index (χ0n) is 16.5. The van der Waals surface area contributed by atoms with Gasteiger partial charge in [0.05, 0.1) is 10.5 Å². The van der Waals surface area contributed by atoms with Crippen LogP contribution in [0.15, 0.2) is 41.3 Å². The number of carbonyl (C=O) groups excluding carboxylic acids is 1. The van der Waals surface area contributed by atoms with Gasteiger partial charge in [0.25, 0.3) is 5.91 Å². The van der Waals surface area contributed by atoms with Crippen molar-refractivity contribution in [2.45, 2.75) is 36.8 Å². The molecular weight excluding hydrogens is 436 g/mol. The number of piperidine rings is 1. The summed E-state index contributed by atoms with van der Waals surface area (Å²) in [6, 6.07) is 6.59. The van der Waals surface area contributed by atoms with Gasteiger partial charge in [-0.3, -0.25) is 4.79 Å². The molecule has 5 nitrogen and oxygen atoms in total. The summed E-state index contributed by atoms with van der Waals surface area (Å²) in [4.78, 5) is 14.3. The average Bonchev–Trinajstić information content (AvgIpc) is 3.16. The number of fused-ring (bicyclic) bond motifs is 1. The maximum Gasteiger partial charge on any atom is 0.419 e. The van der Waals surface area contributed by atoms with E-state index in [-0.39, 0.29) is 17.0 Å². The van der Waals surface area contributed by atoms with Crippen LogP contribution < -0.4 is 4.90 Å². The molecule has 0 atom stereocenters. The van der Waals surface area contributed by atoms with Gasteiger partial charge in [-0.05, 0) is 61.2 Å². The molecule has 0 aliphatic carbocycles. The van der Waals surface area contributed by atoms with E-state index in [4.69, 9.17) is 0 Å². The summed E-state index contributed by atoms with van der Waals surface area (Å²) in [5, 5.41) is 0. The number of nitrogens with zero attached hydrogens (tertiary/aromatic N) is 2. The van der Waals surface area contributed by atoms with Crippen LogP contribution in [0.4, 0.5) is 23.2 Å². The number of rotatable bonds is 3. The Morgan fingerprint density at radius 2 is 1.65 bits per heavy atom. The molecule has 0 unspecified atom stereocenters. The van der Waals surface area contributed by atoms with E-state index in [0.717, 1.165) is 25.3 Å². The van der Waals surface area contributed by atoms with E-state index in [9.17, 15) is 30.8 Å². The highest BCUT2D eigenvalue weighted by Gasteiger charge is 2.36. The maximum atomic E-state index is 13.5. The third-order valence-corrected chi connectivity index (χ3v) is 7.56. The van der Waals surface area contributed by atoms with Crippen LogP contribution in [-0.4, -0.2) is 38.3 Å². The molecule has 0 N–H and O–H groups in total. The van der Waals surface area contributed by atoms with Crippen LogP contribution in [0.5, 0.6) is 0 Å². The van der Waals surface area contributed by atoms with Gasteiger partial charge in [-0.25, -0.2) is 12.8 Å². The molecule has 0 spiro atoms. The number of benzene rings is 2. The van der Waals surface area contributed by atoms with Crippen molar-refractivity contribution in [2.75, 3.05) is 24.5 Å². The number of anilines is 1. The summed E-state index contributed by atoms with van der Waals surface area (Å²) in [6.45, 7) is 1.13. The Kier molecular flexibility index (Phi) is 5.55. The SMILES string of the molecule is O=C(c1ccc(F)c(C(F)(F)F)c1)N1CCc2cc(S(=O)(=O)N3CCCCC3)ccc21. The fourth-order valence-electron chi connectivity index (χ4n) is 4.04. The van der Waals surface area contributed by atoms with Crippen molar-refractivity contribution in [3.05, 3.63) is 58.9 Å². The highest BCUT2D eigenvalue weighted by molar-refractivity contribution is 7.89. The van der Waals surface area contributed by atoms with Gasteiger partial charge in [-0.1, -0.05) is 6.42 Å². The van der Waals surface area contributed by atoms with Crippen molar-refractivity contribution in [1.82, 2.24) is 4.31 Å². The van der Waals surface area contributed by atoms with Crippen molar-refractivity contribution < 1.29 is 30.8 Å². The van der Waals surface area contributed by atoms with E-state index < -0.39 is 33.5 Å². The first-order chi connectivity index (χ1) is 14.6. The van der Waals surface area contributed by atoms with E-state index in [1.165, 1.54) is 27.4 Å². The Morgan fingerprint density at radius 3 is 2.32 bits per heavy atom. The summed E-state index contributed by atoms with van der Waals surface area (Å²) in [5.41, 5.74) is -0.711. The van der Waals surface area contributed by atoms with Crippen LogP contribution in [0.2, 0.25) is 0 Å². The van der Waals surface area contributed by atoms with Gasteiger partial charge in [0.1, 0.15) is 5.82 Å². The molecule has 1 saturated heterocycles. The first kappa shape index (κ1) is 21.8. The Hall–Kier alpha value is -2.46. The van der Waals surface area contributed by atoms with Gasteiger partial charge in [-0.15, -0.1) is 0 Å². The van der Waals surface area contributed by atoms with Crippen LogP contribution in [-0.2, 0) is 22.6 Å². The molecule has 10 heteroatoms. The average molecular weight is 456 g/mol. The number of carbonyl (C=O) groups is 1. The van der Waals surface area contributed by atoms with Crippen molar-refractivity contribution in [3.8, 4) is 0 Å². The lowest BCUT2D eigenvalue weighted by atomic mass is 10.1. The molecule has 2 aliphatic rings. The van der Waals surface area contributed by atoms with E-state index in [1.807, 2.05) is 0 Å². The fraction of sp³-hybridized carbons (Fsp3) is 0.381. The van der Waals surface area contributed by atoms with E-state index in [0.29, 0.717) is 42.9 Å². The zero-order valence-corrected chi connectivity index (χ0v) is 17.3. The summed E-state index contributed by atoms with van der Waals surface area (Å²) in [5.74, 6) is -2.14. The molecule has 0 aromatic heterocycles. The van der Waals surface area contributed by atoms with Gasteiger partial charge in [0.2, 0.25) is 10.0 Å². The number of sulfonamides is 1. The zero-order chi connectivity index (χ0) is 22.4. The number of halogens is 4. The molecule has 0 saturated carbocycles. The monoisotopic (exact) mass is 456 g/mol. The Labute approximate surface area is 177 Å². The maximum absolute atomic E-state index is 13.5. The number of hydrogen-bond donors (Lipinski definition) is 0. The number of hydrogen-bond acceptors (Lipinski definition) is 3. The van der Waals surface area contributed by atoms with Crippen molar-refractivity contribution in [3.63, 3.8) is 0 Å². The smallest absolute Gasteiger partial charge is 0.308 e. The van der Waals surface area contributed by atoms with Gasteiger partial charge in [0, 0.05) is 30.9 Å². The first-order valence-electron chi connectivity index (χ1n) is 9.91. The Bertz CT molecular complexity index is 1130. The molecule has 2 aromatic rings. The minimum absolute atomic E-state index is 0.142. The topological polar surface area (TPSA) is 57.7 Å². The summed E-state index contributed by atoms with van der Waals surface area (Å²) >= 11 is 0. The second-order valence-corrected chi connectivity index (χ2v) is 9.59. The second kappa shape index (κ2) is 7.90. The summed E-state index contributed by atoms with van der Waals surface area (Å²) < 4.78 is 79.8. The van der Waals surface area contributed by atoms with Crippen LogP contribution in [0.1, 0.15) is 40.7 Å². The second-order valence-electron chi connectivity index (χ2n) is 7.65. The molecule has 1 amide bonds. The molecular formula is C21H20F4N2O3S. The Balaban J connectivity index is 1.62. The van der Waals surface area contributed by atoms with E-state index in [2.05, 4.69) is 0 Å². The molecule has 1 fully saturated rings. The quantitative estimate of drug-likeness (QED) is 0.650. The van der Waals surface area contributed by atoms with Crippen molar-refractivity contribution in [1.29, 1.82) is 0 Å². The van der Waals surface area contributed by atoms with Crippen LogP contribution in [0.25, 0.3) is 0 Å². The third kappa shape index (κ3) is 4.06. The molecule has 2 aromatic carbocycles. The van der Waals surface area contributed by atoms with Gasteiger partial charge in [0.15, 0.2) is 0 Å². The molecule has 0 radical (unpaired) electrons. The fourth-order valence-corrected chi connectivity index (χ4v) is 5.60. The largest absolute Gasteiger partial charge is 0.419 e. The van der Waals surface area contributed by atoms with Crippen LogP contribution in [0, 0.1) is 5.82 Å². The van der Waals surface area contributed by atoms with Gasteiger partial charge in [-0.2, -0.15) is 17.5 Å². The predicted octanol–water partition coefficient (Wildman–Crippen LogP) is 4.22. The minimum atomic E-state index is -4.92. The Morgan fingerprint density at radius 1 is 0.935 bits per heavy atom. The third-order valence-electron chi connectivity index (χ3n) is 5.66. The minimum Gasteiger partial charge on any atom is -0.308 e. The highest BCUT2D eigenvalue weighted by atomic mass is 32.2. The van der Waals surface area contributed by atoms with Crippen LogP contribution in [0.3, 0.4) is 0 Å². The molecule has 2 heterocycles. The summed E-state index contributed by atoms with van der Waals surface area (Å²) in [7, 11) is -3.64. The van der Waals surface area contributed by atoms with E-state index in [1.54, 1.807) is 0 Å². The van der Waals surface area contributed by atoms with Crippen molar-refractivity contribution in [2.24, 2.45) is 0 Å². The lowest BCUT2D eigenvalue weighted by Gasteiger charge is -2.26. The molecule has 4 rings (SSSR count). The molecule has 2 aliphatic heterocycles. The van der Waals surface area contributed by atoms with Crippen molar-refractivity contribution >= 4 is 21.6 Å². The lowest BCUT2D eigenvalue weighted by molar-refractivity contribution is -0.140. The number of alkyl halides is 3. The van der Waals surface area contributed by atoms with Crippen LogP contribution >= 0.6 is 0 Å². The summed E-state index contributed by atoms with van der Waals surface area (Å²) in [6.07, 6.45) is -1.93. The molecule has 166 valence electrons. The van der Waals surface area contributed by atoms with E-state index >= 15 is 0 Å². The normalized spacial score (nSPS) is 17.6. The standard InChI is InChI=1S/C21H20F4N2O3S/c22-18-6-4-15(13-17(18)21(23,24)25)20(28)27-11-8-14-12-16(5-7-19(14)27)31(29,30)26-9-2-1-3-10-26/h4-7,12-13H,1-3,8-11H2. The molecule has 0 bridgehead atoms. The lowest BCUT2D eigenvalue weighted by Crippen LogP contribution is -2.35. The number of amides is 1. The highest BCUT2D eigenvalue weighted by Crippen LogP contribution is 2.35. The molecule has 31 heavy (non-hydrogen) atoms. The predicted molar refractivity (Wildman–Crippen MR) is 106 cm³/mol.